The molecule has 1 rings (SSSR count). The third-order valence-corrected chi connectivity index (χ3v) is 1.69. The Hall–Kier alpha value is -1.15. The summed E-state index contributed by atoms with van der Waals surface area (Å²) in [6.45, 7) is 2.70. The molecule has 0 fully saturated rings. The number of benzene rings is 1. The van der Waals surface area contributed by atoms with Crippen LogP contribution in [0.5, 0.6) is 0 Å². The number of ether oxygens (including phenoxy) is 1. The fourth-order valence-corrected chi connectivity index (χ4v) is 1.04. The molecule has 2 heteroatoms. The molecule has 0 amide bonds. The molecule has 0 aliphatic carbocycles. The van der Waals surface area contributed by atoms with Crippen LogP contribution in [0.1, 0.15) is 12.5 Å². The largest absolute Gasteiger partial charge is 0.382 e. The van der Waals surface area contributed by atoms with Gasteiger partial charge in [0.25, 0.3) is 0 Å². The Labute approximate surface area is 79.3 Å². The van der Waals surface area contributed by atoms with Crippen LogP contribution in [0.3, 0.4) is 0 Å². The van der Waals surface area contributed by atoms with Gasteiger partial charge in [-0.05, 0) is 12.5 Å². The lowest BCUT2D eigenvalue weighted by Crippen LogP contribution is -2.06. The Morgan fingerprint density at radius 3 is 2.69 bits per heavy atom. The van der Waals surface area contributed by atoms with E-state index < -0.39 is 0 Å². The van der Waals surface area contributed by atoms with Crippen molar-refractivity contribution in [3.8, 4) is 0 Å². The maximum Gasteiger partial charge on any atom is 0.0705 e. The molecule has 0 N–H and O–H groups in total. The summed E-state index contributed by atoms with van der Waals surface area (Å²) in [6, 6.07) is 10.3. The topological polar surface area (TPSA) is 21.6 Å². The Balaban J connectivity index is 2.49. The second kappa shape index (κ2) is 5.49. The van der Waals surface area contributed by atoms with Crippen LogP contribution in [0.25, 0.3) is 0 Å². The zero-order valence-corrected chi connectivity index (χ0v) is 8.10. The van der Waals surface area contributed by atoms with Gasteiger partial charge in [0, 0.05) is 13.3 Å². The van der Waals surface area contributed by atoms with Crippen LogP contribution in [-0.4, -0.2) is 26.0 Å². The second-order valence-corrected chi connectivity index (χ2v) is 2.99. The van der Waals surface area contributed by atoms with E-state index in [0.717, 1.165) is 5.56 Å². The van der Waals surface area contributed by atoms with Gasteiger partial charge in [-0.15, -0.1) is 0 Å². The summed E-state index contributed by atoms with van der Waals surface area (Å²) in [6.07, 6.45) is 1.88. The third kappa shape index (κ3) is 3.85. The highest BCUT2D eigenvalue weighted by atomic mass is 16.5. The van der Waals surface area contributed by atoms with E-state index in [2.05, 4.69) is 4.99 Å². The molecule has 0 saturated carbocycles. The number of methoxy groups -OCH3 is 1. The van der Waals surface area contributed by atoms with E-state index in [1.54, 1.807) is 7.11 Å². The Bertz CT molecular complexity index is 256. The number of hydrogen-bond donors (Lipinski definition) is 0. The summed E-state index contributed by atoms with van der Waals surface area (Å²) in [5.41, 5.74) is 1.13. The summed E-state index contributed by atoms with van der Waals surface area (Å²) >= 11 is 0. The predicted octanol–water partition coefficient (Wildman–Crippen LogP) is 2.14. The van der Waals surface area contributed by atoms with Gasteiger partial charge in [-0.3, -0.25) is 4.99 Å². The van der Waals surface area contributed by atoms with E-state index >= 15 is 0 Å². The molecule has 0 aliphatic heterocycles. The quantitative estimate of drug-likeness (QED) is 0.646. The SMILES string of the molecule is COC[C@H](C)/N=C/c1ccccc1. The van der Waals surface area contributed by atoms with Gasteiger partial charge in [0.15, 0.2) is 0 Å². The molecule has 0 heterocycles. The molecule has 70 valence electrons. The second-order valence-electron chi connectivity index (χ2n) is 2.99. The lowest BCUT2D eigenvalue weighted by atomic mass is 10.2. The van der Waals surface area contributed by atoms with Gasteiger partial charge in [-0.25, -0.2) is 0 Å². The monoisotopic (exact) mass is 177 g/mol. The van der Waals surface area contributed by atoms with E-state index in [4.69, 9.17) is 4.74 Å². The highest BCUT2D eigenvalue weighted by molar-refractivity contribution is 5.79. The van der Waals surface area contributed by atoms with Crippen molar-refractivity contribution >= 4 is 6.21 Å². The first-order chi connectivity index (χ1) is 6.33. The molecule has 0 bridgehead atoms. The maximum absolute atomic E-state index is 4.98. The van der Waals surface area contributed by atoms with E-state index in [9.17, 15) is 0 Å². The lowest BCUT2D eigenvalue weighted by molar-refractivity contribution is 0.186. The highest BCUT2D eigenvalue weighted by Crippen LogP contribution is 1.96. The molecule has 2 nitrogen and oxygen atoms in total. The fourth-order valence-electron chi connectivity index (χ4n) is 1.04. The van der Waals surface area contributed by atoms with Gasteiger partial charge < -0.3 is 4.74 Å². The third-order valence-electron chi connectivity index (χ3n) is 1.69. The molecule has 0 aromatic heterocycles. The molecular formula is C11H15NO. The summed E-state index contributed by atoms with van der Waals surface area (Å²) in [7, 11) is 1.69. The molecule has 0 unspecified atom stereocenters. The van der Waals surface area contributed by atoms with Crippen LogP contribution in [-0.2, 0) is 4.74 Å². The minimum Gasteiger partial charge on any atom is -0.382 e. The Kier molecular flexibility index (Phi) is 4.19. The highest BCUT2D eigenvalue weighted by Gasteiger charge is 1.94. The van der Waals surface area contributed by atoms with Crippen molar-refractivity contribution in [2.24, 2.45) is 4.99 Å². The lowest BCUT2D eigenvalue weighted by Gasteiger charge is -2.02. The smallest absolute Gasteiger partial charge is 0.0705 e. The molecule has 0 spiro atoms. The van der Waals surface area contributed by atoms with Crippen molar-refractivity contribution in [1.82, 2.24) is 0 Å². The normalized spacial score (nSPS) is 13.4. The van der Waals surface area contributed by atoms with Crippen LogP contribution < -0.4 is 0 Å². The molecule has 1 aromatic rings. The van der Waals surface area contributed by atoms with Crippen LogP contribution in [0, 0.1) is 0 Å². The molecule has 13 heavy (non-hydrogen) atoms. The average Bonchev–Trinajstić information content (AvgIpc) is 2.17. The minimum absolute atomic E-state index is 0.227. The molecule has 0 saturated heterocycles. The summed E-state index contributed by atoms with van der Waals surface area (Å²) < 4.78 is 4.98. The average molecular weight is 177 g/mol. The molecule has 1 aromatic carbocycles. The van der Waals surface area contributed by atoms with Gasteiger partial charge in [0.05, 0.1) is 12.6 Å². The van der Waals surface area contributed by atoms with Crippen LogP contribution in [0.2, 0.25) is 0 Å². The Morgan fingerprint density at radius 1 is 1.38 bits per heavy atom. The molecular weight excluding hydrogens is 162 g/mol. The standard InChI is InChI=1S/C11H15NO/c1-10(9-13-2)12-8-11-6-4-3-5-7-11/h3-8,10H,9H2,1-2H3/b12-8+/t10-/m0/s1. The van der Waals surface area contributed by atoms with Crippen LogP contribution in [0.15, 0.2) is 35.3 Å². The van der Waals surface area contributed by atoms with Crippen molar-refractivity contribution in [1.29, 1.82) is 0 Å². The van der Waals surface area contributed by atoms with Gasteiger partial charge in [-0.2, -0.15) is 0 Å². The van der Waals surface area contributed by atoms with Crippen molar-refractivity contribution in [2.45, 2.75) is 13.0 Å². The number of nitrogens with zero attached hydrogens (tertiary/aromatic N) is 1. The van der Waals surface area contributed by atoms with E-state index in [1.165, 1.54) is 0 Å². The summed E-state index contributed by atoms with van der Waals surface area (Å²) in [5.74, 6) is 0. The van der Waals surface area contributed by atoms with E-state index in [0.29, 0.717) is 6.61 Å². The van der Waals surface area contributed by atoms with Gasteiger partial charge in [0.1, 0.15) is 0 Å². The predicted molar refractivity (Wildman–Crippen MR) is 55.4 cm³/mol. The van der Waals surface area contributed by atoms with E-state index in [1.807, 2.05) is 43.5 Å². The van der Waals surface area contributed by atoms with Crippen molar-refractivity contribution in [3.63, 3.8) is 0 Å². The van der Waals surface area contributed by atoms with Gasteiger partial charge in [0.2, 0.25) is 0 Å². The first kappa shape index (κ1) is 9.93. The molecule has 0 aliphatic rings. The van der Waals surface area contributed by atoms with Crippen LogP contribution in [0.4, 0.5) is 0 Å². The zero-order valence-electron chi connectivity index (χ0n) is 8.10. The number of aliphatic imine (C=N–C) groups is 1. The molecule has 0 radical (unpaired) electrons. The first-order valence-electron chi connectivity index (χ1n) is 4.40. The number of rotatable bonds is 4. The van der Waals surface area contributed by atoms with Gasteiger partial charge in [-0.1, -0.05) is 30.3 Å². The van der Waals surface area contributed by atoms with Gasteiger partial charge >= 0.3 is 0 Å². The maximum atomic E-state index is 4.98. The van der Waals surface area contributed by atoms with Crippen molar-refractivity contribution in [3.05, 3.63) is 35.9 Å². The number of hydrogen-bond acceptors (Lipinski definition) is 2. The van der Waals surface area contributed by atoms with Crippen molar-refractivity contribution in [2.75, 3.05) is 13.7 Å². The first-order valence-corrected chi connectivity index (χ1v) is 4.40. The summed E-state index contributed by atoms with van der Waals surface area (Å²) in [4.78, 5) is 4.33. The van der Waals surface area contributed by atoms with Crippen LogP contribution >= 0.6 is 0 Å². The molecule has 1 atom stereocenters. The zero-order chi connectivity index (χ0) is 9.52. The van der Waals surface area contributed by atoms with E-state index in [-0.39, 0.29) is 6.04 Å². The Morgan fingerprint density at radius 2 is 2.08 bits per heavy atom. The van der Waals surface area contributed by atoms with Crippen molar-refractivity contribution < 1.29 is 4.74 Å². The minimum atomic E-state index is 0.227. The summed E-state index contributed by atoms with van der Waals surface area (Å²) in [5, 5.41) is 0. The fraction of sp³-hybridized carbons (Fsp3) is 0.364.